The van der Waals surface area contributed by atoms with Crippen LogP contribution in [0.5, 0.6) is 5.88 Å². The maximum Gasteiger partial charge on any atom is 0.242 e. The molecule has 0 aliphatic carbocycles. The predicted molar refractivity (Wildman–Crippen MR) is 70.4 cm³/mol. The van der Waals surface area contributed by atoms with E-state index in [-0.39, 0.29) is 0 Å². The monoisotopic (exact) mass is 238 g/mol. The van der Waals surface area contributed by atoms with Crippen molar-refractivity contribution in [1.29, 1.82) is 0 Å². The summed E-state index contributed by atoms with van der Waals surface area (Å²) in [6.07, 6.45) is 3.61. The number of anilines is 2. The summed E-state index contributed by atoms with van der Waals surface area (Å²) in [6, 6.07) is 0.432. The third kappa shape index (κ3) is 2.99. The molecule has 0 fully saturated rings. The van der Waals surface area contributed by atoms with Gasteiger partial charge in [0.05, 0.1) is 6.61 Å². The number of hydrogen-bond donors (Lipinski definition) is 1. The Hall–Kier alpha value is -1.52. The molecule has 2 N–H and O–H groups in total. The van der Waals surface area contributed by atoms with Crippen LogP contribution in [0.3, 0.4) is 0 Å². The molecule has 0 atom stereocenters. The van der Waals surface area contributed by atoms with Crippen LogP contribution in [0.1, 0.15) is 33.6 Å². The Kier molecular flexibility index (Phi) is 5.00. The lowest BCUT2D eigenvalue weighted by Crippen LogP contribution is -2.31. The van der Waals surface area contributed by atoms with E-state index < -0.39 is 0 Å². The predicted octanol–water partition coefficient (Wildman–Crippen LogP) is 2.08. The molecule has 0 bridgehead atoms. The minimum atomic E-state index is 0.432. The quantitative estimate of drug-likeness (QED) is 0.822. The van der Waals surface area contributed by atoms with Crippen LogP contribution in [0.15, 0.2) is 6.33 Å². The van der Waals surface area contributed by atoms with Crippen LogP contribution in [0.4, 0.5) is 11.5 Å². The molecule has 1 aromatic heterocycles. The molecule has 0 aliphatic heterocycles. The van der Waals surface area contributed by atoms with Crippen LogP contribution in [0.2, 0.25) is 0 Å². The highest BCUT2D eigenvalue weighted by Gasteiger charge is 2.17. The molecule has 17 heavy (non-hydrogen) atoms. The van der Waals surface area contributed by atoms with E-state index in [0.29, 0.717) is 24.2 Å². The topological polar surface area (TPSA) is 64.3 Å². The van der Waals surface area contributed by atoms with E-state index in [0.717, 1.165) is 18.7 Å². The molecular formula is C12H22N4O. The van der Waals surface area contributed by atoms with Gasteiger partial charge in [0.1, 0.15) is 12.0 Å². The third-order valence-electron chi connectivity index (χ3n) is 2.93. The van der Waals surface area contributed by atoms with E-state index in [1.54, 1.807) is 0 Å². The molecule has 0 spiro atoms. The first-order valence-corrected chi connectivity index (χ1v) is 6.11. The van der Waals surface area contributed by atoms with Crippen molar-refractivity contribution < 1.29 is 4.74 Å². The smallest absolute Gasteiger partial charge is 0.242 e. The highest BCUT2D eigenvalue weighted by Crippen LogP contribution is 2.29. The minimum absolute atomic E-state index is 0.432. The lowest BCUT2D eigenvalue weighted by Gasteiger charge is -2.28. The molecule has 0 saturated carbocycles. The Balaban J connectivity index is 3.00. The van der Waals surface area contributed by atoms with Crippen molar-refractivity contribution >= 4 is 11.5 Å². The lowest BCUT2D eigenvalue weighted by atomic mass is 10.1. The summed E-state index contributed by atoms with van der Waals surface area (Å²) in [6.45, 7) is 6.78. The third-order valence-corrected chi connectivity index (χ3v) is 2.93. The number of aromatic nitrogens is 2. The summed E-state index contributed by atoms with van der Waals surface area (Å²) < 4.78 is 5.37. The van der Waals surface area contributed by atoms with Gasteiger partial charge in [0.25, 0.3) is 0 Å². The second-order valence-corrected chi connectivity index (χ2v) is 3.93. The average molecular weight is 238 g/mol. The zero-order valence-electron chi connectivity index (χ0n) is 11.1. The normalized spacial score (nSPS) is 10.6. The van der Waals surface area contributed by atoms with E-state index in [1.807, 2.05) is 14.0 Å². The van der Waals surface area contributed by atoms with Gasteiger partial charge in [-0.1, -0.05) is 13.8 Å². The lowest BCUT2D eigenvalue weighted by molar-refractivity contribution is 0.328. The second-order valence-electron chi connectivity index (χ2n) is 3.93. The molecular weight excluding hydrogens is 216 g/mol. The Bertz CT molecular complexity index is 352. The number of nitrogens with zero attached hydrogens (tertiary/aromatic N) is 3. The van der Waals surface area contributed by atoms with Gasteiger partial charge in [-0.2, -0.15) is 4.98 Å². The standard InChI is InChI=1S/C12H22N4O/c1-5-9(6-2)16(4)11-10(13)12(17-7-3)15-8-14-11/h8-9H,5-7,13H2,1-4H3. The van der Waals surface area contributed by atoms with Gasteiger partial charge in [-0.05, 0) is 19.8 Å². The fourth-order valence-electron chi connectivity index (χ4n) is 1.91. The van der Waals surface area contributed by atoms with Crippen molar-refractivity contribution in [2.24, 2.45) is 0 Å². The van der Waals surface area contributed by atoms with Crippen molar-refractivity contribution in [3.63, 3.8) is 0 Å². The number of rotatable bonds is 6. The van der Waals surface area contributed by atoms with Crippen molar-refractivity contribution in [3.05, 3.63) is 6.33 Å². The van der Waals surface area contributed by atoms with Crippen LogP contribution in [-0.4, -0.2) is 29.7 Å². The molecule has 0 aliphatic rings. The SMILES string of the molecule is CCOc1ncnc(N(C)C(CC)CC)c1N. The summed E-state index contributed by atoms with van der Waals surface area (Å²) in [4.78, 5) is 10.4. The van der Waals surface area contributed by atoms with Gasteiger partial charge in [0, 0.05) is 13.1 Å². The van der Waals surface area contributed by atoms with E-state index >= 15 is 0 Å². The zero-order valence-corrected chi connectivity index (χ0v) is 11.1. The fourth-order valence-corrected chi connectivity index (χ4v) is 1.91. The van der Waals surface area contributed by atoms with Crippen molar-refractivity contribution in [3.8, 4) is 5.88 Å². The Labute approximate surface area is 103 Å². The van der Waals surface area contributed by atoms with Crippen LogP contribution in [0, 0.1) is 0 Å². The average Bonchev–Trinajstić information content (AvgIpc) is 2.33. The highest BCUT2D eigenvalue weighted by atomic mass is 16.5. The highest BCUT2D eigenvalue weighted by molar-refractivity contribution is 5.67. The molecule has 1 aromatic rings. The molecule has 5 nitrogen and oxygen atoms in total. The van der Waals surface area contributed by atoms with Crippen LogP contribution >= 0.6 is 0 Å². The number of nitrogen functional groups attached to an aromatic ring is 1. The summed E-state index contributed by atoms with van der Waals surface area (Å²) in [5.74, 6) is 1.22. The molecule has 0 amide bonds. The van der Waals surface area contributed by atoms with Gasteiger partial charge >= 0.3 is 0 Å². The minimum Gasteiger partial charge on any atom is -0.476 e. The molecule has 0 unspecified atom stereocenters. The molecule has 0 saturated heterocycles. The molecule has 1 heterocycles. The summed E-state index contributed by atoms with van der Waals surface area (Å²) >= 11 is 0. The number of nitrogens with two attached hydrogens (primary N) is 1. The van der Waals surface area contributed by atoms with Crippen molar-refractivity contribution in [2.75, 3.05) is 24.3 Å². The van der Waals surface area contributed by atoms with Gasteiger partial charge in [0.2, 0.25) is 5.88 Å². The fraction of sp³-hybridized carbons (Fsp3) is 0.667. The first-order valence-electron chi connectivity index (χ1n) is 6.11. The van der Waals surface area contributed by atoms with Gasteiger partial charge < -0.3 is 15.4 Å². The molecule has 0 radical (unpaired) electrons. The number of ether oxygens (including phenoxy) is 1. The van der Waals surface area contributed by atoms with E-state index in [9.17, 15) is 0 Å². The van der Waals surface area contributed by atoms with Crippen LogP contribution in [0.25, 0.3) is 0 Å². The summed E-state index contributed by atoms with van der Waals surface area (Å²) in [5.41, 5.74) is 6.54. The maximum atomic E-state index is 6.03. The Morgan fingerprint density at radius 2 is 1.94 bits per heavy atom. The number of hydrogen-bond acceptors (Lipinski definition) is 5. The van der Waals surface area contributed by atoms with Gasteiger partial charge in [-0.15, -0.1) is 0 Å². The Morgan fingerprint density at radius 3 is 2.47 bits per heavy atom. The molecule has 5 heteroatoms. The molecule has 96 valence electrons. The summed E-state index contributed by atoms with van der Waals surface area (Å²) in [5, 5.41) is 0. The van der Waals surface area contributed by atoms with Gasteiger partial charge in [-0.3, -0.25) is 0 Å². The second kappa shape index (κ2) is 6.27. The van der Waals surface area contributed by atoms with Crippen LogP contribution in [-0.2, 0) is 0 Å². The van der Waals surface area contributed by atoms with Gasteiger partial charge in [0.15, 0.2) is 5.82 Å². The Morgan fingerprint density at radius 1 is 1.29 bits per heavy atom. The summed E-state index contributed by atoms with van der Waals surface area (Å²) in [7, 11) is 2.01. The van der Waals surface area contributed by atoms with E-state index in [2.05, 4.69) is 28.7 Å². The maximum absolute atomic E-state index is 6.03. The first kappa shape index (κ1) is 13.5. The first-order chi connectivity index (χ1) is 8.15. The van der Waals surface area contributed by atoms with Gasteiger partial charge in [-0.25, -0.2) is 4.98 Å². The van der Waals surface area contributed by atoms with Crippen LogP contribution < -0.4 is 15.4 Å². The molecule has 0 aromatic carbocycles. The largest absolute Gasteiger partial charge is 0.476 e. The van der Waals surface area contributed by atoms with Crippen molar-refractivity contribution in [1.82, 2.24) is 9.97 Å². The van der Waals surface area contributed by atoms with E-state index in [1.165, 1.54) is 6.33 Å². The van der Waals surface area contributed by atoms with Crippen molar-refractivity contribution in [2.45, 2.75) is 39.7 Å². The molecule has 1 rings (SSSR count). The van der Waals surface area contributed by atoms with E-state index in [4.69, 9.17) is 10.5 Å². The zero-order chi connectivity index (χ0) is 12.8.